The summed E-state index contributed by atoms with van der Waals surface area (Å²) in [7, 11) is 2.20. The van der Waals surface area contributed by atoms with Crippen LogP contribution in [0.15, 0.2) is 60.9 Å². The lowest BCUT2D eigenvalue weighted by Crippen LogP contribution is -2.29. The average Bonchev–Trinajstić information content (AvgIpc) is 3.40. The molecular formula is C25H26N6. The topological polar surface area (TPSA) is 63.4 Å². The quantitative estimate of drug-likeness (QED) is 0.552. The predicted octanol–water partition coefficient (Wildman–Crippen LogP) is 4.01. The van der Waals surface area contributed by atoms with Crippen molar-refractivity contribution in [3.63, 3.8) is 0 Å². The third-order valence-corrected chi connectivity index (χ3v) is 6.10. The first-order valence-corrected chi connectivity index (χ1v) is 10.8. The maximum atomic E-state index is 9.17. The van der Waals surface area contributed by atoms with Crippen molar-refractivity contribution in [2.24, 2.45) is 0 Å². The minimum absolute atomic E-state index is 0.665. The zero-order valence-corrected chi connectivity index (χ0v) is 17.8. The number of aromatic nitrogens is 3. The van der Waals surface area contributed by atoms with Gasteiger partial charge in [-0.2, -0.15) is 5.26 Å². The number of hydrogen-bond donors (Lipinski definition) is 1. The fourth-order valence-corrected chi connectivity index (χ4v) is 4.32. The number of nitrogens with one attached hydrogen (secondary N) is 1. The first kappa shape index (κ1) is 19.6. The van der Waals surface area contributed by atoms with E-state index in [1.807, 2.05) is 36.5 Å². The number of aromatic amines is 1. The standard InChI is InChI=1S/C25H26N6/c1-29-12-3-13-30(15-14-29)18-23-25(20-7-5-19(16-26)6-8-20)28-24-10-9-21(17-31(23)24)22-4-2-11-27-22/h2,4-11,17,27H,3,12-15,18H2,1H3. The van der Waals surface area contributed by atoms with Crippen LogP contribution in [0.5, 0.6) is 0 Å². The molecule has 1 aliphatic rings. The first-order chi connectivity index (χ1) is 15.2. The van der Waals surface area contributed by atoms with Gasteiger partial charge in [0.15, 0.2) is 0 Å². The number of likely N-dealkylation sites (N-methyl/N-ethyl adjacent to an activating group) is 1. The Balaban J connectivity index is 1.60. The van der Waals surface area contributed by atoms with E-state index in [1.54, 1.807) is 0 Å². The molecule has 3 aromatic heterocycles. The van der Waals surface area contributed by atoms with Gasteiger partial charge in [-0.1, -0.05) is 12.1 Å². The summed E-state index contributed by atoms with van der Waals surface area (Å²) in [5.41, 5.74) is 7.07. The molecule has 0 bridgehead atoms. The van der Waals surface area contributed by atoms with Crippen molar-refractivity contribution < 1.29 is 0 Å². The van der Waals surface area contributed by atoms with Crippen LogP contribution in [0.2, 0.25) is 0 Å². The molecule has 6 heteroatoms. The van der Waals surface area contributed by atoms with Gasteiger partial charge in [-0.15, -0.1) is 0 Å². The van der Waals surface area contributed by atoms with E-state index in [4.69, 9.17) is 4.98 Å². The Labute approximate surface area is 182 Å². The van der Waals surface area contributed by atoms with Crippen molar-refractivity contribution in [1.29, 1.82) is 5.26 Å². The number of benzene rings is 1. The van der Waals surface area contributed by atoms with Crippen molar-refractivity contribution in [2.75, 3.05) is 33.2 Å². The van der Waals surface area contributed by atoms with Crippen LogP contribution in [0, 0.1) is 11.3 Å². The highest BCUT2D eigenvalue weighted by Gasteiger charge is 2.19. The smallest absolute Gasteiger partial charge is 0.137 e. The Morgan fingerprint density at radius 3 is 2.61 bits per heavy atom. The third kappa shape index (κ3) is 3.98. The second-order valence-corrected chi connectivity index (χ2v) is 8.26. The van der Waals surface area contributed by atoms with Crippen LogP contribution in [0.1, 0.15) is 17.7 Å². The molecule has 0 amide bonds. The molecule has 0 saturated carbocycles. The number of H-pyrrole nitrogens is 1. The second kappa shape index (κ2) is 8.38. The van der Waals surface area contributed by atoms with Gasteiger partial charge >= 0.3 is 0 Å². The summed E-state index contributed by atoms with van der Waals surface area (Å²) in [4.78, 5) is 13.2. The third-order valence-electron chi connectivity index (χ3n) is 6.10. The van der Waals surface area contributed by atoms with E-state index in [-0.39, 0.29) is 0 Å². The molecule has 0 atom stereocenters. The largest absolute Gasteiger partial charge is 0.361 e. The number of hydrogen-bond acceptors (Lipinski definition) is 4. The van der Waals surface area contributed by atoms with Crippen LogP contribution < -0.4 is 0 Å². The van der Waals surface area contributed by atoms with Gasteiger partial charge < -0.3 is 14.3 Å². The lowest BCUT2D eigenvalue weighted by atomic mass is 10.1. The molecule has 4 heterocycles. The van der Waals surface area contributed by atoms with Crippen LogP contribution in [0.25, 0.3) is 28.2 Å². The Hall–Kier alpha value is -3.40. The van der Waals surface area contributed by atoms with Crippen LogP contribution in [0.3, 0.4) is 0 Å². The summed E-state index contributed by atoms with van der Waals surface area (Å²) >= 11 is 0. The SMILES string of the molecule is CN1CCCN(Cc2c(-c3ccc(C#N)cc3)nc3ccc(-c4ccc[nH]4)cn23)CC1. The monoisotopic (exact) mass is 410 g/mol. The maximum absolute atomic E-state index is 9.17. The van der Waals surface area contributed by atoms with Crippen molar-refractivity contribution in [3.8, 4) is 28.6 Å². The Morgan fingerprint density at radius 2 is 1.84 bits per heavy atom. The summed E-state index contributed by atoms with van der Waals surface area (Å²) in [5, 5.41) is 9.17. The Morgan fingerprint density at radius 1 is 1.00 bits per heavy atom. The van der Waals surface area contributed by atoms with E-state index in [0.29, 0.717) is 5.56 Å². The molecule has 4 aromatic rings. The molecule has 156 valence electrons. The van der Waals surface area contributed by atoms with Crippen molar-refractivity contribution in [1.82, 2.24) is 24.2 Å². The molecule has 0 spiro atoms. The van der Waals surface area contributed by atoms with E-state index >= 15 is 0 Å². The lowest BCUT2D eigenvalue weighted by molar-refractivity contribution is 0.266. The second-order valence-electron chi connectivity index (χ2n) is 8.26. The number of imidazole rings is 1. The van der Waals surface area contributed by atoms with Gasteiger partial charge in [0.1, 0.15) is 5.65 Å². The zero-order chi connectivity index (χ0) is 21.2. The van der Waals surface area contributed by atoms with E-state index in [0.717, 1.165) is 60.9 Å². The molecule has 0 aliphatic carbocycles. The Kier molecular flexibility index (Phi) is 5.29. The van der Waals surface area contributed by atoms with Gasteiger partial charge in [-0.3, -0.25) is 4.90 Å². The summed E-state index contributed by atoms with van der Waals surface area (Å²) in [5.74, 6) is 0. The van der Waals surface area contributed by atoms with Crippen molar-refractivity contribution in [3.05, 3.63) is 72.2 Å². The summed E-state index contributed by atoms with van der Waals surface area (Å²) in [6.45, 7) is 5.20. The van der Waals surface area contributed by atoms with E-state index in [1.165, 1.54) is 12.1 Å². The minimum Gasteiger partial charge on any atom is -0.361 e. The maximum Gasteiger partial charge on any atom is 0.137 e. The van der Waals surface area contributed by atoms with Crippen LogP contribution in [0.4, 0.5) is 0 Å². The van der Waals surface area contributed by atoms with Gasteiger partial charge in [0.2, 0.25) is 0 Å². The average molecular weight is 411 g/mol. The highest BCUT2D eigenvalue weighted by molar-refractivity contribution is 5.69. The number of rotatable bonds is 4. The Bertz CT molecular complexity index is 1210. The molecule has 5 rings (SSSR count). The minimum atomic E-state index is 0.665. The summed E-state index contributed by atoms with van der Waals surface area (Å²) < 4.78 is 2.23. The number of nitriles is 1. The van der Waals surface area contributed by atoms with E-state index < -0.39 is 0 Å². The molecule has 6 nitrogen and oxygen atoms in total. The number of nitrogens with zero attached hydrogens (tertiary/aromatic N) is 5. The van der Waals surface area contributed by atoms with Crippen LogP contribution in [-0.2, 0) is 6.54 Å². The van der Waals surface area contributed by atoms with Crippen molar-refractivity contribution in [2.45, 2.75) is 13.0 Å². The zero-order valence-electron chi connectivity index (χ0n) is 17.8. The molecule has 1 saturated heterocycles. The predicted molar refractivity (Wildman–Crippen MR) is 123 cm³/mol. The fourth-order valence-electron chi connectivity index (χ4n) is 4.32. The summed E-state index contributed by atoms with van der Waals surface area (Å²) in [6.07, 6.45) is 5.30. The molecule has 1 aliphatic heterocycles. The molecule has 0 unspecified atom stereocenters. The van der Waals surface area contributed by atoms with Crippen LogP contribution >= 0.6 is 0 Å². The molecule has 0 radical (unpaired) electrons. The van der Waals surface area contributed by atoms with E-state index in [2.05, 4.69) is 56.7 Å². The van der Waals surface area contributed by atoms with Crippen molar-refractivity contribution >= 4 is 5.65 Å². The van der Waals surface area contributed by atoms with E-state index in [9.17, 15) is 5.26 Å². The molecule has 1 fully saturated rings. The molecular weight excluding hydrogens is 384 g/mol. The van der Waals surface area contributed by atoms with Gasteiger partial charge in [0.05, 0.1) is 23.0 Å². The lowest BCUT2D eigenvalue weighted by Gasteiger charge is -2.20. The number of fused-ring (bicyclic) bond motifs is 1. The van der Waals surface area contributed by atoms with Crippen LogP contribution in [-0.4, -0.2) is 57.4 Å². The van der Waals surface area contributed by atoms with Gasteiger partial charge in [0, 0.05) is 48.8 Å². The van der Waals surface area contributed by atoms with Gasteiger partial charge in [-0.25, -0.2) is 4.98 Å². The highest BCUT2D eigenvalue weighted by atomic mass is 15.2. The first-order valence-electron chi connectivity index (χ1n) is 10.8. The number of pyridine rings is 1. The summed E-state index contributed by atoms with van der Waals surface area (Å²) in [6, 6.07) is 18.3. The molecule has 1 N–H and O–H groups in total. The molecule has 1 aromatic carbocycles. The fraction of sp³-hybridized carbons (Fsp3) is 0.280. The van der Waals surface area contributed by atoms with Gasteiger partial charge in [-0.05, 0) is 63.0 Å². The normalized spacial score (nSPS) is 15.7. The van der Waals surface area contributed by atoms with Gasteiger partial charge in [0.25, 0.3) is 0 Å². The molecule has 31 heavy (non-hydrogen) atoms. The highest BCUT2D eigenvalue weighted by Crippen LogP contribution is 2.28.